The Balaban J connectivity index is 0.00000192. The van der Waals surface area contributed by atoms with Crippen molar-refractivity contribution < 1.29 is 19.1 Å². The summed E-state index contributed by atoms with van der Waals surface area (Å²) in [6.45, 7) is 1.76. The highest BCUT2D eigenvalue weighted by molar-refractivity contribution is 6.01. The third-order valence-electron chi connectivity index (χ3n) is 4.24. The van der Waals surface area contributed by atoms with E-state index in [9.17, 15) is 9.59 Å². The molecule has 0 radical (unpaired) electrons. The zero-order valence-electron chi connectivity index (χ0n) is 13.0. The van der Waals surface area contributed by atoms with Crippen LogP contribution in [-0.4, -0.2) is 37.6 Å². The summed E-state index contributed by atoms with van der Waals surface area (Å²) < 4.78 is 10.7. The molecule has 23 heavy (non-hydrogen) atoms. The van der Waals surface area contributed by atoms with E-state index in [-0.39, 0.29) is 23.8 Å². The van der Waals surface area contributed by atoms with Gasteiger partial charge < -0.3 is 14.8 Å². The van der Waals surface area contributed by atoms with Crippen molar-refractivity contribution in [3.8, 4) is 5.75 Å². The molecule has 0 unspecified atom stereocenters. The van der Waals surface area contributed by atoms with Crippen molar-refractivity contribution in [2.45, 2.75) is 24.9 Å². The molecule has 0 amide bonds. The van der Waals surface area contributed by atoms with Gasteiger partial charge >= 0.3 is 5.97 Å². The molecule has 124 valence electrons. The third-order valence-corrected chi connectivity index (χ3v) is 4.24. The van der Waals surface area contributed by atoms with Gasteiger partial charge in [-0.05, 0) is 36.9 Å². The molecule has 6 heteroatoms. The fourth-order valence-electron chi connectivity index (χ4n) is 3.01. The highest BCUT2D eigenvalue weighted by atomic mass is 35.5. The average Bonchev–Trinajstić information content (AvgIpc) is 2.53. The Bertz CT molecular complexity index is 635. The molecule has 0 bridgehead atoms. The molecular formula is C17H20ClNO4. The lowest BCUT2D eigenvalue weighted by Gasteiger charge is -2.40. The van der Waals surface area contributed by atoms with Gasteiger partial charge in [0.2, 0.25) is 0 Å². The van der Waals surface area contributed by atoms with Crippen LogP contribution in [-0.2, 0) is 9.53 Å². The molecule has 2 heterocycles. The molecule has 0 aliphatic carbocycles. The first-order chi connectivity index (χ1) is 10.6. The highest BCUT2D eigenvalue weighted by Gasteiger charge is 2.41. The van der Waals surface area contributed by atoms with Crippen LogP contribution in [0, 0.1) is 0 Å². The van der Waals surface area contributed by atoms with Gasteiger partial charge in [0, 0.05) is 18.9 Å². The highest BCUT2D eigenvalue weighted by Crippen LogP contribution is 2.38. The summed E-state index contributed by atoms with van der Waals surface area (Å²) in [5, 5.41) is 3.29. The summed E-state index contributed by atoms with van der Waals surface area (Å²) in [4.78, 5) is 23.6. The van der Waals surface area contributed by atoms with E-state index in [0.29, 0.717) is 17.7 Å². The van der Waals surface area contributed by atoms with Crippen LogP contribution in [0.15, 0.2) is 24.3 Å². The number of carbonyl (C=O) groups is 2. The van der Waals surface area contributed by atoms with Crippen LogP contribution < -0.4 is 10.1 Å². The molecule has 1 aromatic rings. The van der Waals surface area contributed by atoms with Crippen LogP contribution in [0.4, 0.5) is 0 Å². The second-order valence-electron chi connectivity index (χ2n) is 5.75. The van der Waals surface area contributed by atoms with Crippen LogP contribution in [0.1, 0.15) is 35.2 Å². The second kappa shape index (κ2) is 7.15. The second-order valence-corrected chi connectivity index (χ2v) is 5.75. The van der Waals surface area contributed by atoms with E-state index in [4.69, 9.17) is 4.74 Å². The van der Waals surface area contributed by atoms with Gasteiger partial charge in [-0.1, -0.05) is 6.07 Å². The van der Waals surface area contributed by atoms with E-state index in [1.807, 2.05) is 12.1 Å². The molecule has 1 fully saturated rings. The van der Waals surface area contributed by atoms with E-state index < -0.39 is 5.97 Å². The predicted octanol–water partition coefficient (Wildman–Crippen LogP) is 2.38. The Morgan fingerprint density at radius 2 is 2.09 bits per heavy atom. The number of ether oxygens (including phenoxy) is 2. The number of esters is 1. The minimum Gasteiger partial charge on any atom is -0.486 e. The van der Waals surface area contributed by atoms with Crippen LogP contribution in [0.25, 0.3) is 6.08 Å². The average molecular weight is 338 g/mol. The zero-order valence-corrected chi connectivity index (χ0v) is 13.8. The standard InChI is InChI=1S/C17H19NO4.ClH/c1-21-16(20)5-3-12-2-4-15-13(10-12)14(19)11-17(22-15)6-8-18-9-7-17;/h2-5,10,18H,6-9,11H2,1H3;1H. The number of ketones is 1. The molecule has 1 spiro atoms. The molecule has 1 N–H and O–H groups in total. The molecule has 0 aromatic heterocycles. The number of halogens is 1. The fraction of sp³-hybridized carbons (Fsp3) is 0.412. The number of carbonyl (C=O) groups excluding carboxylic acids is 2. The molecular weight excluding hydrogens is 318 g/mol. The van der Waals surface area contributed by atoms with Crippen molar-refractivity contribution >= 4 is 30.2 Å². The fourth-order valence-corrected chi connectivity index (χ4v) is 3.01. The quantitative estimate of drug-likeness (QED) is 0.663. The van der Waals surface area contributed by atoms with Crippen LogP contribution in [0.3, 0.4) is 0 Å². The summed E-state index contributed by atoms with van der Waals surface area (Å²) in [7, 11) is 1.33. The summed E-state index contributed by atoms with van der Waals surface area (Å²) in [5.41, 5.74) is 1.03. The molecule has 0 saturated carbocycles. The van der Waals surface area contributed by atoms with Crippen molar-refractivity contribution in [1.29, 1.82) is 0 Å². The van der Waals surface area contributed by atoms with E-state index in [1.54, 1.807) is 12.1 Å². The normalized spacial score (nSPS) is 18.9. The number of Topliss-reactive ketones (excluding diaryl/α,β-unsaturated/α-hetero) is 1. The monoisotopic (exact) mass is 337 g/mol. The van der Waals surface area contributed by atoms with Crippen molar-refractivity contribution in [3.63, 3.8) is 0 Å². The first-order valence-electron chi connectivity index (χ1n) is 7.45. The number of methoxy groups -OCH3 is 1. The summed E-state index contributed by atoms with van der Waals surface area (Å²) in [6.07, 6.45) is 5.09. The number of fused-ring (bicyclic) bond motifs is 1. The SMILES string of the molecule is COC(=O)C=Cc1ccc2c(c1)C(=O)CC1(CCNCC1)O2.Cl. The van der Waals surface area contributed by atoms with Gasteiger partial charge in [-0.15, -0.1) is 12.4 Å². The van der Waals surface area contributed by atoms with Crippen molar-refractivity contribution in [2.24, 2.45) is 0 Å². The van der Waals surface area contributed by atoms with E-state index in [1.165, 1.54) is 13.2 Å². The smallest absolute Gasteiger partial charge is 0.330 e. The van der Waals surface area contributed by atoms with Crippen molar-refractivity contribution in [3.05, 3.63) is 35.4 Å². The third kappa shape index (κ3) is 3.74. The number of piperidine rings is 1. The molecule has 2 aliphatic rings. The molecule has 0 atom stereocenters. The van der Waals surface area contributed by atoms with Gasteiger partial charge in [-0.2, -0.15) is 0 Å². The van der Waals surface area contributed by atoms with E-state index in [0.717, 1.165) is 31.5 Å². The van der Waals surface area contributed by atoms with Gasteiger partial charge in [-0.3, -0.25) is 4.79 Å². The van der Waals surface area contributed by atoms with Gasteiger partial charge in [0.15, 0.2) is 5.78 Å². The Hall–Kier alpha value is -1.85. The first-order valence-corrected chi connectivity index (χ1v) is 7.45. The van der Waals surface area contributed by atoms with Gasteiger partial charge in [0.05, 0.1) is 19.1 Å². The summed E-state index contributed by atoms with van der Waals surface area (Å²) in [6, 6.07) is 5.42. The number of benzene rings is 1. The van der Waals surface area contributed by atoms with E-state index >= 15 is 0 Å². The molecule has 5 nitrogen and oxygen atoms in total. The Morgan fingerprint density at radius 3 is 2.78 bits per heavy atom. The molecule has 3 rings (SSSR count). The van der Waals surface area contributed by atoms with Gasteiger partial charge in [0.1, 0.15) is 11.4 Å². The zero-order chi connectivity index (χ0) is 15.6. The van der Waals surface area contributed by atoms with Crippen molar-refractivity contribution in [1.82, 2.24) is 5.32 Å². The molecule has 2 aliphatic heterocycles. The lowest BCUT2D eigenvalue weighted by Crippen LogP contribution is -2.49. The van der Waals surface area contributed by atoms with Crippen LogP contribution in [0.2, 0.25) is 0 Å². The number of hydrogen-bond donors (Lipinski definition) is 1. The van der Waals surface area contributed by atoms with Crippen LogP contribution in [0.5, 0.6) is 5.75 Å². The van der Waals surface area contributed by atoms with Gasteiger partial charge in [0.25, 0.3) is 0 Å². The maximum Gasteiger partial charge on any atom is 0.330 e. The lowest BCUT2D eigenvalue weighted by molar-refractivity contribution is -0.134. The maximum absolute atomic E-state index is 12.5. The van der Waals surface area contributed by atoms with Gasteiger partial charge in [-0.25, -0.2) is 4.79 Å². The minimum atomic E-state index is -0.422. The summed E-state index contributed by atoms with van der Waals surface area (Å²) in [5.74, 6) is 0.332. The number of rotatable bonds is 2. The van der Waals surface area contributed by atoms with Crippen LogP contribution >= 0.6 is 12.4 Å². The number of hydrogen-bond acceptors (Lipinski definition) is 5. The predicted molar refractivity (Wildman–Crippen MR) is 89.2 cm³/mol. The maximum atomic E-state index is 12.5. The number of nitrogens with one attached hydrogen (secondary N) is 1. The lowest BCUT2D eigenvalue weighted by atomic mass is 9.83. The largest absolute Gasteiger partial charge is 0.486 e. The van der Waals surface area contributed by atoms with Crippen molar-refractivity contribution in [2.75, 3.05) is 20.2 Å². The first kappa shape index (κ1) is 17.5. The Labute approximate surface area is 141 Å². The molecule has 1 saturated heterocycles. The molecule has 1 aromatic carbocycles. The topological polar surface area (TPSA) is 64.6 Å². The summed E-state index contributed by atoms with van der Waals surface area (Å²) >= 11 is 0. The minimum absolute atomic E-state index is 0. The Morgan fingerprint density at radius 1 is 1.35 bits per heavy atom. The Kier molecular flexibility index (Phi) is 5.44. The van der Waals surface area contributed by atoms with E-state index in [2.05, 4.69) is 10.1 Å².